The van der Waals surface area contributed by atoms with E-state index in [1.807, 2.05) is 66.7 Å². The zero-order valence-electron chi connectivity index (χ0n) is 38.4. The number of ketones is 1. The maximum absolute atomic E-state index is 12.1. The Kier molecular flexibility index (Phi) is 25.3. The van der Waals surface area contributed by atoms with Gasteiger partial charge in [0, 0.05) is 39.1 Å². The van der Waals surface area contributed by atoms with Crippen LogP contribution in [-0.2, 0) is 44.8 Å². The van der Waals surface area contributed by atoms with Crippen LogP contribution in [0.2, 0.25) is 0 Å². The van der Waals surface area contributed by atoms with Crippen LogP contribution in [0.4, 0.5) is 0 Å². The number of rotatable bonds is 16. The Bertz CT molecular complexity index is 1760. The van der Waals surface area contributed by atoms with Crippen LogP contribution in [0.5, 0.6) is 17.2 Å². The van der Waals surface area contributed by atoms with E-state index in [-0.39, 0.29) is 85.3 Å². The van der Waals surface area contributed by atoms with Gasteiger partial charge in [-0.1, -0.05) is 117 Å². The standard InChI is InChI=1S/C19H29NO3.C15H21NO3.C14H21NO3.2ClH/c1-19(2,3)17-8-4-5-9-18(17)23-15-16(21)7-6-10-20-11-13-22-14-12-20;1-15(2,3)12-6-4-5-7-13(12)18-10-14(17)19-11-8-16-9-11;1-14(2,3)11-6-4-5-7-12(11)18-10-13(16)17-9-8-15;;/h4-5,8-9H,6-7,10-15H2,1-3H3;4-7,11,16H,8-10H2,1-3H3;4-7H,8-10,15H2,1-3H3;2*1H. The number of carbonyl (C=O) groups is 3. The predicted molar refractivity (Wildman–Crippen MR) is 251 cm³/mol. The van der Waals surface area contributed by atoms with Gasteiger partial charge in [0.15, 0.2) is 19.0 Å². The first-order valence-electron chi connectivity index (χ1n) is 21.1. The summed E-state index contributed by atoms with van der Waals surface area (Å²) in [7, 11) is 0. The molecule has 2 heterocycles. The fourth-order valence-corrected chi connectivity index (χ4v) is 6.24. The molecule has 5 rings (SSSR count). The summed E-state index contributed by atoms with van der Waals surface area (Å²) >= 11 is 0. The molecular weight excluding hydrogens is 833 g/mol. The van der Waals surface area contributed by atoms with Crippen molar-refractivity contribution in [3.8, 4) is 17.2 Å². The molecule has 0 bridgehead atoms. The molecule has 0 saturated carbocycles. The summed E-state index contributed by atoms with van der Waals surface area (Å²) in [6, 6.07) is 23.5. The van der Waals surface area contributed by atoms with E-state index in [1.165, 1.54) is 0 Å². The average Bonchev–Trinajstić information content (AvgIpc) is 3.19. The van der Waals surface area contributed by atoms with Crippen molar-refractivity contribution in [1.29, 1.82) is 0 Å². The first kappa shape index (κ1) is 56.1. The number of hydrogen-bond donors (Lipinski definition) is 2. The number of nitrogens with zero attached hydrogens (tertiary/aromatic N) is 1. The van der Waals surface area contributed by atoms with Crippen molar-refractivity contribution in [2.24, 2.45) is 5.73 Å². The van der Waals surface area contributed by atoms with Crippen molar-refractivity contribution in [3.63, 3.8) is 0 Å². The molecule has 0 aliphatic carbocycles. The van der Waals surface area contributed by atoms with E-state index < -0.39 is 5.97 Å². The van der Waals surface area contributed by atoms with E-state index >= 15 is 0 Å². The van der Waals surface area contributed by atoms with Gasteiger partial charge in [0.05, 0.1) is 13.2 Å². The number of halogens is 2. The largest absolute Gasteiger partial charge is 0.486 e. The molecule has 3 N–H and O–H groups in total. The zero-order valence-corrected chi connectivity index (χ0v) is 40.1. The molecule has 12 nitrogen and oxygen atoms in total. The second-order valence-corrected chi connectivity index (χ2v) is 18.0. The Hall–Kier alpha value is -3.91. The fraction of sp³-hybridized carbons (Fsp3) is 0.562. The lowest BCUT2D eigenvalue weighted by Crippen LogP contribution is -2.49. The molecule has 0 amide bonds. The second kappa shape index (κ2) is 28.0. The van der Waals surface area contributed by atoms with E-state index in [0.717, 1.165) is 86.3 Å². The van der Waals surface area contributed by atoms with Gasteiger partial charge < -0.3 is 39.5 Å². The first-order valence-corrected chi connectivity index (χ1v) is 21.1. The molecule has 62 heavy (non-hydrogen) atoms. The molecule has 2 aliphatic rings. The topological polar surface area (TPSA) is 148 Å². The Morgan fingerprint density at radius 1 is 0.661 bits per heavy atom. The summed E-state index contributed by atoms with van der Waals surface area (Å²) in [5.74, 6) is 1.75. The molecule has 0 spiro atoms. The van der Waals surface area contributed by atoms with Gasteiger partial charge >= 0.3 is 11.9 Å². The molecular formula is C48H73Cl2N3O9. The molecule has 348 valence electrons. The Labute approximate surface area is 383 Å². The van der Waals surface area contributed by atoms with Gasteiger partial charge in [-0.3, -0.25) is 9.69 Å². The summed E-state index contributed by atoms with van der Waals surface area (Å²) in [5, 5.41) is 3.05. The normalized spacial score (nSPS) is 14.1. The van der Waals surface area contributed by atoms with Crippen LogP contribution in [0, 0.1) is 0 Å². The number of hydrogen-bond acceptors (Lipinski definition) is 12. The number of morpholine rings is 1. The van der Waals surface area contributed by atoms with Crippen molar-refractivity contribution in [2.45, 2.75) is 97.5 Å². The maximum atomic E-state index is 12.1. The van der Waals surface area contributed by atoms with Crippen LogP contribution < -0.4 is 25.3 Å². The van der Waals surface area contributed by atoms with Crippen LogP contribution in [0.3, 0.4) is 0 Å². The van der Waals surface area contributed by atoms with E-state index in [0.29, 0.717) is 13.0 Å². The molecule has 0 radical (unpaired) electrons. The van der Waals surface area contributed by atoms with Gasteiger partial charge in [-0.2, -0.15) is 0 Å². The van der Waals surface area contributed by atoms with E-state index in [4.69, 9.17) is 34.2 Å². The molecule has 2 saturated heterocycles. The lowest BCUT2D eigenvalue weighted by molar-refractivity contribution is -0.153. The number of esters is 2. The lowest BCUT2D eigenvalue weighted by atomic mass is 9.86. The third-order valence-electron chi connectivity index (χ3n) is 9.62. The first-order chi connectivity index (χ1) is 28.4. The van der Waals surface area contributed by atoms with E-state index in [9.17, 15) is 14.4 Å². The summed E-state index contributed by atoms with van der Waals surface area (Å²) in [6.07, 6.45) is 1.48. The van der Waals surface area contributed by atoms with Crippen molar-refractivity contribution in [2.75, 3.05) is 78.9 Å². The SMILES string of the molecule is CC(C)(C)c1ccccc1OCC(=O)CCCN1CCOCC1.CC(C)(C)c1ccccc1OCC(=O)OC1CNC1.CC(C)(C)c1ccccc1OCC(=O)OCCN.Cl.Cl. The highest BCUT2D eigenvalue weighted by molar-refractivity contribution is 5.85. The highest BCUT2D eigenvalue weighted by atomic mass is 35.5. The van der Waals surface area contributed by atoms with E-state index in [1.54, 1.807) is 0 Å². The zero-order chi connectivity index (χ0) is 44.2. The Balaban J connectivity index is 0.000000462. The monoisotopic (exact) mass is 905 g/mol. The number of para-hydroxylation sites is 3. The number of Topliss-reactive ketones (excluding diaryl/α,β-unsaturated/α-hetero) is 1. The Morgan fingerprint density at radius 2 is 1.08 bits per heavy atom. The number of nitrogens with one attached hydrogen (secondary N) is 1. The smallest absolute Gasteiger partial charge is 0.344 e. The van der Waals surface area contributed by atoms with Gasteiger partial charge in [-0.05, 0) is 64.1 Å². The van der Waals surface area contributed by atoms with Crippen LogP contribution in [0.25, 0.3) is 0 Å². The van der Waals surface area contributed by atoms with Crippen molar-refractivity contribution in [3.05, 3.63) is 89.5 Å². The summed E-state index contributed by atoms with van der Waals surface area (Å²) in [5.41, 5.74) is 8.51. The second-order valence-electron chi connectivity index (χ2n) is 18.0. The molecule has 0 atom stereocenters. The van der Waals surface area contributed by atoms with Gasteiger partial charge in [0.2, 0.25) is 0 Å². The summed E-state index contributed by atoms with van der Waals surface area (Å²) in [4.78, 5) is 37.3. The summed E-state index contributed by atoms with van der Waals surface area (Å²) < 4.78 is 32.3. The maximum Gasteiger partial charge on any atom is 0.344 e. The molecule has 2 fully saturated rings. The number of ether oxygens (including phenoxy) is 6. The van der Waals surface area contributed by atoms with Crippen LogP contribution in [-0.4, -0.2) is 108 Å². The number of nitrogens with two attached hydrogens (primary N) is 1. The van der Waals surface area contributed by atoms with Crippen molar-refractivity contribution >= 4 is 42.5 Å². The number of carbonyl (C=O) groups excluding carboxylic acids is 3. The minimum atomic E-state index is -0.399. The summed E-state index contributed by atoms with van der Waals surface area (Å²) in [6.45, 7) is 25.7. The van der Waals surface area contributed by atoms with Gasteiger partial charge in [-0.15, -0.1) is 24.8 Å². The molecule has 2 aliphatic heterocycles. The highest BCUT2D eigenvalue weighted by Crippen LogP contribution is 2.33. The fourth-order valence-electron chi connectivity index (χ4n) is 6.24. The molecule has 3 aromatic carbocycles. The third-order valence-corrected chi connectivity index (χ3v) is 9.62. The van der Waals surface area contributed by atoms with Crippen LogP contribution >= 0.6 is 24.8 Å². The molecule has 0 unspecified atom stereocenters. The Morgan fingerprint density at radius 3 is 1.48 bits per heavy atom. The predicted octanol–water partition coefficient (Wildman–Crippen LogP) is 7.63. The number of benzene rings is 3. The minimum absolute atomic E-state index is 0. The lowest BCUT2D eigenvalue weighted by Gasteiger charge is -2.27. The molecule has 14 heteroatoms. The van der Waals surface area contributed by atoms with Gasteiger partial charge in [0.25, 0.3) is 0 Å². The van der Waals surface area contributed by atoms with Crippen molar-refractivity contribution in [1.82, 2.24) is 10.2 Å². The minimum Gasteiger partial charge on any atom is -0.486 e. The van der Waals surface area contributed by atoms with Gasteiger partial charge in [-0.25, -0.2) is 9.59 Å². The average molecular weight is 907 g/mol. The molecule has 3 aromatic rings. The van der Waals surface area contributed by atoms with Crippen LogP contribution in [0.1, 0.15) is 91.8 Å². The highest BCUT2D eigenvalue weighted by Gasteiger charge is 2.24. The van der Waals surface area contributed by atoms with Crippen molar-refractivity contribution < 1.29 is 42.8 Å². The van der Waals surface area contributed by atoms with Gasteiger partial charge in [0.1, 0.15) is 36.6 Å². The third kappa shape index (κ3) is 21.0. The quantitative estimate of drug-likeness (QED) is 0.136. The van der Waals surface area contributed by atoms with Crippen LogP contribution in [0.15, 0.2) is 72.8 Å². The van der Waals surface area contributed by atoms with E-state index in [2.05, 4.69) is 78.6 Å². The molecule has 0 aromatic heterocycles.